The van der Waals surface area contributed by atoms with Gasteiger partial charge in [0.2, 0.25) is 11.8 Å². The summed E-state index contributed by atoms with van der Waals surface area (Å²) in [5.41, 5.74) is 15.6. The van der Waals surface area contributed by atoms with E-state index in [1.54, 1.807) is 0 Å². The number of aliphatic carboxylic acids is 1. The van der Waals surface area contributed by atoms with E-state index in [1.165, 1.54) is 6.92 Å². The predicted molar refractivity (Wildman–Crippen MR) is 82.1 cm³/mol. The number of nitrogens with zero attached hydrogens (tertiary/aromatic N) is 1. The van der Waals surface area contributed by atoms with Gasteiger partial charge in [0, 0.05) is 6.54 Å². The summed E-state index contributed by atoms with van der Waals surface area (Å²) in [6.07, 6.45) is 0.405. The number of rotatable bonds is 10. The molecular weight excluding hydrogens is 308 g/mol. The minimum Gasteiger partial charge on any atom is -0.480 e. The Bertz CT molecular complexity index is 449. The van der Waals surface area contributed by atoms with Crippen molar-refractivity contribution in [2.45, 2.75) is 37.9 Å². The fraction of sp³-hybridized carbons (Fsp3) is 0.667. The quantitative estimate of drug-likeness (QED) is 0.121. The Labute approximate surface area is 133 Å². The summed E-state index contributed by atoms with van der Waals surface area (Å²) < 4.78 is 0. The lowest BCUT2D eigenvalue weighted by Gasteiger charge is -2.20. The molecule has 0 aliphatic heterocycles. The number of nitrogens with two attached hydrogens (primary N) is 3. The average Bonchev–Trinajstić information content (AvgIpc) is 2.46. The van der Waals surface area contributed by atoms with Crippen LogP contribution in [0.3, 0.4) is 0 Å². The number of aliphatic hydroxyl groups is 1. The lowest BCUT2D eigenvalue weighted by Crippen LogP contribution is -2.55. The molecule has 11 nitrogen and oxygen atoms in total. The van der Waals surface area contributed by atoms with Crippen LogP contribution in [0.5, 0.6) is 0 Å². The second kappa shape index (κ2) is 10.3. The van der Waals surface area contributed by atoms with Gasteiger partial charge in [0.1, 0.15) is 12.1 Å². The molecule has 2 amide bonds. The van der Waals surface area contributed by atoms with E-state index in [-0.39, 0.29) is 18.9 Å². The number of carbonyl (C=O) groups is 3. The molecule has 0 aromatic rings. The van der Waals surface area contributed by atoms with Crippen LogP contribution < -0.4 is 27.8 Å². The summed E-state index contributed by atoms with van der Waals surface area (Å²) in [5, 5.41) is 22.7. The predicted octanol–water partition coefficient (Wildman–Crippen LogP) is -3.57. The molecule has 0 aliphatic carbocycles. The van der Waals surface area contributed by atoms with Gasteiger partial charge in [0.15, 0.2) is 5.96 Å². The molecule has 0 rings (SSSR count). The van der Waals surface area contributed by atoms with E-state index in [0.717, 1.165) is 0 Å². The Kier molecular flexibility index (Phi) is 9.27. The number of carboxylic acid groups (broad SMARTS) is 1. The van der Waals surface area contributed by atoms with Gasteiger partial charge in [0.05, 0.1) is 12.6 Å². The van der Waals surface area contributed by atoms with Gasteiger partial charge in [-0.1, -0.05) is 0 Å². The molecule has 132 valence electrons. The first-order valence-electron chi connectivity index (χ1n) is 6.94. The largest absolute Gasteiger partial charge is 0.480 e. The molecule has 0 spiro atoms. The molecule has 11 heteroatoms. The Morgan fingerprint density at radius 1 is 1.13 bits per heavy atom. The number of amides is 2. The van der Waals surface area contributed by atoms with Crippen molar-refractivity contribution >= 4 is 23.7 Å². The third-order valence-corrected chi connectivity index (χ3v) is 2.79. The van der Waals surface area contributed by atoms with Crippen LogP contribution >= 0.6 is 0 Å². The lowest BCUT2D eigenvalue weighted by atomic mass is 10.1. The Hall–Kier alpha value is -2.40. The van der Waals surface area contributed by atoms with Crippen LogP contribution in [0.4, 0.5) is 0 Å². The minimum absolute atomic E-state index is 0.0806. The highest BCUT2D eigenvalue weighted by Gasteiger charge is 2.26. The maximum atomic E-state index is 11.9. The molecule has 0 saturated heterocycles. The first-order valence-corrected chi connectivity index (χ1v) is 6.94. The molecule has 0 radical (unpaired) electrons. The highest BCUT2D eigenvalue weighted by Crippen LogP contribution is 2.00. The van der Waals surface area contributed by atoms with Gasteiger partial charge >= 0.3 is 5.97 Å². The number of aliphatic imine (C=N–C) groups is 1. The van der Waals surface area contributed by atoms with E-state index < -0.39 is 42.5 Å². The Morgan fingerprint density at radius 2 is 1.70 bits per heavy atom. The van der Waals surface area contributed by atoms with Crippen molar-refractivity contribution in [2.75, 3.05) is 13.2 Å². The highest BCUT2D eigenvalue weighted by atomic mass is 16.4. The third kappa shape index (κ3) is 8.58. The van der Waals surface area contributed by atoms with Crippen LogP contribution in [0.25, 0.3) is 0 Å². The van der Waals surface area contributed by atoms with E-state index in [2.05, 4.69) is 15.6 Å². The Morgan fingerprint density at radius 3 is 2.13 bits per heavy atom. The molecule has 3 atom stereocenters. The van der Waals surface area contributed by atoms with Crippen LogP contribution in [0.1, 0.15) is 19.8 Å². The summed E-state index contributed by atoms with van der Waals surface area (Å²) in [7, 11) is 0. The molecular formula is C12H24N6O5. The summed E-state index contributed by atoms with van der Waals surface area (Å²) in [5.74, 6) is -2.83. The topological polar surface area (TPSA) is 206 Å². The van der Waals surface area contributed by atoms with Gasteiger partial charge in [-0.3, -0.25) is 14.6 Å². The van der Waals surface area contributed by atoms with E-state index in [0.29, 0.717) is 6.42 Å². The zero-order valence-electron chi connectivity index (χ0n) is 12.9. The minimum atomic E-state index is -1.28. The number of nitrogens with one attached hydrogen (secondary N) is 2. The van der Waals surface area contributed by atoms with Gasteiger partial charge in [0.25, 0.3) is 0 Å². The van der Waals surface area contributed by atoms with Gasteiger partial charge in [-0.15, -0.1) is 0 Å². The van der Waals surface area contributed by atoms with Gasteiger partial charge in [-0.05, 0) is 19.8 Å². The summed E-state index contributed by atoms with van der Waals surface area (Å²) in [6, 6.07) is -3.35. The van der Waals surface area contributed by atoms with E-state index >= 15 is 0 Å². The number of aliphatic hydroxyl groups excluding tert-OH is 1. The van der Waals surface area contributed by atoms with Crippen LogP contribution in [-0.2, 0) is 14.4 Å². The second-order valence-electron chi connectivity index (χ2n) is 4.88. The van der Waals surface area contributed by atoms with Crippen LogP contribution in [-0.4, -0.2) is 65.2 Å². The monoisotopic (exact) mass is 332 g/mol. The van der Waals surface area contributed by atoms with Crippen molar-refractivity contribution in [3.8, 4) is 0 Å². The molecule has 23 heavy (non-hydrogen) atoms. The molecule has 0 aromatic carbocycles. The Balaban J connectivity index is 4.60. The zero-order chi connectivity index (χ0) is 18.0. The first kappa shape index (κ1) is 20.6. The zero-order valence-corrected chi connectivity index (χ0v) is 12.9. The van der Waals surface area contributed by atoms with Crippen molar-refractivity contribution in [2.24, 2.45) is 22.2 Å². The van der Waals surface area contributed by atoms with Crippen LogP contribution in [0.2, 0.25) is 0 Å². The maximum absolute atomic E-state index is 11.9. The molecule has 0 heterocycles. The number of guanidine groups is 1. The van der Waals surface area contributed by atoms with Crippen molar-refractivity contribution in [1.82, 2.24) is 10.6 Å². The molecule has 0 unspecified atom stereocenters. The van der Waals surface area contributed by atoms with Crippen molar-refractivity contribution in [3.05, 3.63) is 0 Å². The van der Waals surface area contributed by atoms with Gasteiger partial charge in [-0.2, -0.15) is 0 Å². The molecule has 0 aromatic heterocycles. The number of hydrogen-bond acceptors (Lipinski definition) is 6. The fourth-order valence-corrected chi connectivity index (χ4v) is 1.53. The SMILES string of the molecule is C[C@H](N)C(=O)N[C@@H](CO)C(=O)N[C@@H](CCCN=C(N)N)C(=O)O. The second-order valence-corrected chi connectivity index (χ2v) is 4.88. The van der Waals surface area contributed by atoms with E-state index in [4.69, 9.17) is 27.4 Å². The number of carbonyl (C=O) groups excluding carboxylic acids is 2. The normalized spacial score (nSPS) is 14.2. The fourth-order valence-electron chi connectivity index (χ4n) is 1.53. The molecule has 0 fully saturated rings. The first-order chi connectivity index (χ1) is 10.7. The lowest BCUT2D eigenvalue weighted by molar-refractivity contribution is -0.142. The third-order valence-electron chi connectivity index (χ3n) is 2.79. The number of carboxylic acids is 1. The smallest absolute Gasteiger partial charge is 0.326 e. The standard InChI is InChI=1S/C12H24N6O5/c1-6(13)9(20)18-8(5-19)10(21)17-7(11(22)23)3-2-4-16-12(14)15/h6-8,19H,2-5,13H2,1H3,(H,17,21)(H,18,20)(H,22,23)(H4,14,15,16)/t6-,7-,8-/m0/s1. The molecule has 10 N–H and O–H groups in total. The molecule has 0 aliphatic rings. The average molecular weight is 332 g/mol. The summed E-state index contributed by atoms with van der Waals surface area (Å²) >= 11 is 0. The van der Waals surface area contributed by atoms with Gasteiger partial charge < -0.3 is 38.0 Å². The summed E-state index contributed by atoms with van der Waals surface area (Å²) in [4.78, 5) is 38.2. The number of hydrogen-bond donors (Lipinski definition) is 7. The van der Waals surface area contributed by atoms with Crippen molar-refractivity contribution < 1.29 is 24.6 Å². The maximum Gasteiger partial charge on any atom is 0.326 e. The van der Waals surface area contributed by atoms with Crippen LogP contribution in [0.15, 0.2) is 4.99 Å². The summed E-state index contributed by atoms with van der Waals surface area (Å²) in [6.45, 7) is 0.933. The van der Waals surface area contributed by atoms with E-state index in [1.807, 2.05) is 0 Å². The molecule has 0 saturated carbocycles. The van der Waals surface area contributed by atoms with Crippen molar-refractivity contribution in [3.63, 3.8) is 0 Å². The van der Waals surface area contributed by atoms with Gasteiger partial charge in [-0.25, -0.2) is 4.79 Å². The highest BCUT2D eigenvalue weighted by molar-refractivity contribution is 5.91. The van der Waals surface area contributed by atoms with Crippen LogP contribution in [0, 0.1) is 0 Å². The van der Waals surface area contributed by atoms with Crippen molar-refractivity contribution in [1.29, 1.82) is 0 Å². The van der Waals surface area contributed by atoms with E-state index in [9.17, 15) is 14.4 Å². The molecule has 0 bridgehead atoms.